The molecule has 0 saturated carbocycles. The zero-order chi connectivity index (χ0) is 17.7. The Morgan fingerprint density at radius 1 is 1.46 bits per heavy atom. The number of alkyl halides is 2. The van der Waals surface area contributed by atoms with E-state index in [0.29, 0.717) is 23.8 Å². The second-order valence-corrected chi connectivity index (χ2v) is 5.76. The maximum absolute atomic E-state index is 12.5. The normalized spacial score (nSPS) is 10.8. The first-order chi connectivity index (χ1) is 11.4. The quantitative estimate of drug-likeness (QED) is 0.750. The van der Waals surface area contributed by atoms with Crippen molar-refractivity contribution in [1.29, 1.82) is 0 Å². The number of anilines is 1. The van der Waals surface area contributed by atoms with Crippen LogP contribution in [0, 0.1) is 6.92 Å². The fourth-order valence-electron chi connectivity index (χ4n) is 2.11. The molecule has 1 aromatic carbocycles. The van der Waals surface area contributed by atoms with Crippen molar-refractivity contribution in [1.82, 2.24) is 15.1 Å². The lowest BCUT2D eigenvalue weighted by Gasteiger charge is -2.15. The van der Waals surface area contributed by atoms with Gasteiger partial charge in [-0.15, -0.1) is 0 Å². The topological polar surface area (TPSA) is 51.1 Å². The van der Waals surface area contributed by atoms with Crippen molar-refractivity contribution in [2.75, 3.05) is 5.32 Å². The van der Waals surface area contributed by atoms with E-state index >= 15 is 0 Å². The molecular formula is C15H17ClF2N4OS. The fraction of sp³-hybridized carbons (Fsp3) is 0.333. The second kappa shape index (κ2) is 8.25. The average molecular weight is 375 g/mol. The summed E-state index contributed by atoms with van der Waals surface area (Å²) in [6.45, 7) is 1.91. The summed E-state index contributed by atoms with van der Waals surface area (Å²) in [6, 6.07) is 4.82. The SMILES string of the molecule is CCn1ncc(Cl)c1CNC(=S)Nc1cc(C)ccc1OC(F)F. The van der Waals surface area contributed by atoms with Gasteiger partial charge in [0.25, 0.3) is 0 Å². The highest BCUT2D eigenvalue weighted by Gasteiger charge is 2.12. The molecule has 0 bridgehead atoms. The largest absolute Gasteiger partial charge is 0.433 e. The third kappa shape index (κ3) is 4.78. The van der Waals surface area contributed by atoms with E-state index in [1.54, 1.807) is 23.0 Å². The molecule has 2 aromatic rings. The molecule has 0 unspecified atom stereocenters. The van der Waals surface area contributed by atoms with E-state index in [1.807, 2.05) is 13.8 Å². The van der Waals surface area contributed by atoms with E-state index < -0.39 is 6.61 Å². The number of benzene rings is 1. The first-order valence-corrected chi connectivity index (χ1v) is 7.99. The number of aromatic nitrogens is 2. The number of halogens is 3. The molecule has 0 amide bonds. The number of nitrogens with zero attached hydrogens (tertiary/aromatic N) is 2. The average Bonchev–Trinajstić information content (AvgIpc) is 2.87. The molecule has 0 aliphatic carbocycles. The highest BCUT2D eigenvalue weighted by Crippen LogP contribution is 2.27. The van der Waals surface area contributed by atoms with Crippen molar-refractivity contribution in [3.63, 3.8) is 0 Å². The minimum Gasteiger partial charge on any atom is -0.433 e. The molecule has 0 spiro atoms. The van der Waals surface area contributed by atoms with Gasteiger partial charge in [0.1, 0.15) is 5.75 Å². The first kappa shape index (κ1) is 18.4. The van der Waals surface area contributed by atoms with Crippen molar-refractivity contribution in [2.24, 2.45) is 0 Å². The summed E-state index contributed by atoms with van der Waals surface area (Å²) < 4.78 is 31.2. The molecular weight excluding hydrogens is 358 g/mol. The molecule has 0 saturated heterocycles. The highest BCUT2D eigenvalue weighted by atomic mass is 35.5. The third-order valence-electron chi connectivity index (χ3n) is 3.21. The fourth-order valence-corrected chi connectivity index (χ4v) is 2.50. The van der Waals surface area contributed by atoms with Crippen LogP contribution in [-0.4, -0.2) is 21.5 Å². The molecule has 2 rings (SSSR count). The van der Waals surface area contributed by atoms with Gasteiger partial charge < -0.3 is 15.4 Å². The number of thiocarbonyl (C=S) groups is 1. The molecule has 130 valence electrons. The van der Waals surface area contributed by atoms with E-state index in [1.165, 1.54) is 6.07 Å². The number of aryl methyl sites for hydroxylation is 2. The van der Waals surface area contributed by atoms with Crippen LogP contribution in [0.4, 0.5) is 14.5 Å². The minimum atomic E-state index is -2.91. The Labute approximate surface area is 148 Å². The summed E-state index contributed by atoms with van der Waals surface area (Å²) in [5.74, 6) is 0.0244. The predicted molar refractivity (Wildman–Crippen MR) is 93.8 cm³/mol. The summed E-state index contributed by atoms with van der Waals surface area (Å²) in [5.41, 5.74) is 2.04. The van der Waals surface area contributed by atoms with Crippen LogP contribution < -0.4 is 15.4 Å². The Balaban J connectivity index is 2.04. The van der Waals surface area contributed by atoms with E-state index in [9.17, 15) is 8.78 Å². The number of ether oxygens (including phenoxy) is 1. The van der Waals surface area contributed by atoms with Crippen molar-refractivity contribution >= 4 is 34.6 Å². The molecule has 24 heavy (non-hydrogen) atoms. The smallest absolute Gasteiger partial charge is 0.387 e. The van der Waals surface area contributed by atoms with E-state index in [0.717, 1.165) is 11.3 Å². The van der Waals surface area contributed by atoms with E-state index in [2.05, 4.69) is 20.5 Å². The Morgan fingerprint density at radius 3 is 2.88 bits per heavy atom. The summed E-state index contributed by atoms with van der Waals surface area (Å²) in [4.78, 5) is 0. The molecule has 9 heteroatoms. The van der Waals surface area contributed by atoms with Crippen LogP contribution in [0.2, 0.25) is 5.02 Å². The lowest BCUT2D eigenvalue weighted by molar-refractivity contribution is -0.0493. The molecule has 5 nitrogen and oxygen atoms in total. The van der Waals surface area contributed by atoms with Crippen LogP contribution in [0.3, 0.4) is 0 Å². The van der Waals surface area contributed by atoms with Gasteiger partial charge in [0.2, 0.25) is 0 Å². The van der Waals surface area contributed by atoms with Crippen molar-refractivity contribution in [3.8, 4) is 5.75 Å². The van der Waals surface area contributed by atoms with Crippen LogP contribution in [-0.2, 0) is 13.1 Å². The number of nitrogens with one attached hydrogen (secondary N) is 2. The van der Waals surface area contributed by atoms with Crippen molar-refractivity contribution < 1.29 is 13.5 Å². The minimum absolute atomic E-state index is 0.0244. The van der Waals surface area contributed by atoms with Crippen LogP contribution in [0.15, 0.2) is 24.4 Å². The van der Waals surface area contributed by atoms with Gasteiger partial charge >= 0.3 is 6.61 Å². The Morgan fingerprint density at radius 2 is 2.21 bits per heavy atom. The zero-order valence-corrected chi connectivity index (χ0v) is 14.7. The van der Waals surface area contributed by atoms with Gasteiger partial charge in [-0.2, -0.15) is 13.9 Å². The molecule has 0 radical (unpaired) electrons. The molecule has 0 atom stereocenters. The van der Waals surface area contributed by atoms with Gasteiger partial charge in [-0.1, -0.05) is 17.7 Å². The summed E-state index contributed by atoms with van der Waals surface area (Å²) in [6.07, 6.45) is 1.56. The van der Waals surface area contributed by atoms with Crippen LogP contribution >= 0.6 is 23.8 Å². The lowest BCUT2D eigenvalue weighted by Crippen LogP contribution is -2.29. The van der Waals surface area contributed by atoms with Crippen LogP contribution in [0.25, 0.3) is 0 Å². The van der Waals surface area contributed by atoms with Crippen LogP contribution in [0.5, 0.6) is 5.75 Å². The van der Waals surface area contributed by atoms with Gasteiger partial charge in [-0.25, -0.2) is 0 Å². The second-order valence-electron chi connectivity index (χ2n) is 4.94. The summed E-state index contributed by atoms with van der Waals surface area (Å²) in [7, 11) is 0. The maximum Gasteiger partial charge on any atom is 0.387 e. The van der Waals surface area contributed by atoms with Gasteiger partial charge in [0.15, 0.2) is 5.11 Å². The molecule has 2 N–H and O–H groups in total. The Bertz CT molecular complexity index is 723. The van der Waals surface area contributed by atoms with Crippen LogP contribution in [0.1, 0.15) is 18.2 Å². The van der Waals surface area contributed by atoms with Gasteiger partial charge in [-0.3, -0.25) is 4.68 Å². The summed E-state index contributed by atoms with van der Waals surface area (Å²) >= 11 is 11.3. The maximum atomic E-state index is 12.5. The standard InChI is InChI=1S/C15H17ClF2N4OS/c1-3-22-12(10(16)7-20-22)8-19-15(24)21-11-6-9(2)4-5-13(11)23-14(17)18/h4-7,14H,3,8H2,1-2H3,(H2,19,21,24). The Kier molecular flexibility index (Phi) is 6.33. The molecule has 1 aromatic heterocycles. The lowest BCUT2D eigenvalue weighted by atomic mass is 10.2. The van der Waals surface area contributed by atoms with Gasteiger partial charge in [0.05, 0.1) is 29.1 Å². The van der Waals surface area contributed by atoms with E-state index in [4.69, 9.17) is 23.8 Å². The number of hydrogen-bond donors (Lipinski definition) is 2. The highest BCUT2D eigenvalue weighted by molar-refractivity contribution is 7.80. The van der Waals surface area contributed by atoms with Crippen molar-refractivity contribution in [3.05, 3.63) is 40.7 Å². The van der Waals surface area contributed by atoms with Crippen molar-refractivity contribution in [2.45, 2.75) is 33.5 Å². The zero-order valence-electron chi connectivity index (χ0n) is 13.1. The summed E-state index contributed by atoms with van der Waals surface area (Å²) in [5, 5.41) is 10.8. The number of rotatable bonds is 6. The molecule has 1 heterocycles. The molecule has 0 aliphatic heterocycles. The predicted octanol–water partition coefficient (Wildman–Crippen LogP) is 3.95. The monoisotopic (exact) mass is 374 g/mol. The van der Waals surface area contributed by atoms with Gasteiger partial charge in [0, 0.05) is 6.54 Å². The first-order valence-electron chi connectivity index (χ1n) is 7.21. The van der Waals surface area contributed by atoms with E-state index in [-0.39, 0.29) is 10.9 Å². The van der Waals surface area contributed by atoms with Gasteiger partial charge in [-0.05, 0) is 43.8 Å². The Hall–Kier alpha value is -1.93. The molecule has 0 fully saturated rings. The molecule has 0 aliphatic rings. The third-order valence-corrected chi connectivity index (χ3v) is 3.78. The number of hydrogen-bond acceptors (Lipinski definition) is 3.